The lowest BCUT2D eigenvalue weighted by Crippen LogP contribution is -2.10. The summed E-state index contributed by atoms with van der Waals surface area (Å²) >= 11 is 1.86. The fourth-order valence-corrected chi connectivity index (χ4v) is 9.55. The molecule has 1 heterocycles. The number of hydrogen-bond donors (Lipinski definition) is 0. The van der Waals surface area contributed by atoms with E-state index in [0.29, 0.717) is 0 Å². The van der Waals surface area contributed by atoms with E-state index < -0.39 is 0 Å². The number of benzene rings is 10. The van der Waals surface area contributed by atoms with E-state index in [2.05, 4.69) is 229 Å². The third kappa shape index (κ3) is 6.21. The normalized spacial score (nSPS) is 11.4. The van der Waals surface area contributed by atoms with Crippen molar-refractivity contribution in [2.45, 2.75) is 0 Å². The molecule has 0 unspecified atom stereocenters. The number of rotatable bonds is 7. The Morgan fingerprint density at radius 2 is 0.724 bits per heavy atom. The van der Waals surface area contributed by atoms with Crippen molar-refractivity contribution in [3.05, 3.63) is 224 Å². The first kappa shape index (κ1) is 34.0. The number of thiophene rings is 1. The van der Waals surface area contributed by atoms with E-state index in [-0.39, 0.29) is 0 Å². The number of anilines is 3. The first-order valence-electron chi connectivity index (χ1n) is 19.8. The molecule has 0 bridgehead atoms. The van der Waals surface area contributed by atoms with Gasteiger partial charge in [-0.25, -0.2) is 0 Å². The minimum absolute atomic E-state index is 1.10. The highest BCUT2D eigenvalue weighted by Gasteiger charge is 2.15. The van der Waals surface area contributed by atoms with Gasteiger partial charge in [0.2, 0.25) is 0 Å². The molecule has 0 saturated heterocycles. The van der Waals surface area contributed by atoms with Crippen LogP contribution in [0.25, 0.3) is 86.2 Å². The summed E-state index contributed by atoms with van der Waals surface area (Å²) in [6.45, 7) is 0. The second kappa shape index (κ2) is 14.4. The highest BCUT2D eigenvalue weighted by molar-refractivity contribution is 7.25. The maximum Gasteiger partial charge on any atom is 0.0467 e. The van der Waals surface area contributed by atoms with Gasteiger partial charge in [0.05, 0.1) is 0 Å². The largest absolute Gasteiger partial charge is 0.310 e. The molecular formula is C56H37NS. The predicted molar refractivity (Wildman–Crippen MR) is 251 cm³/mol. The molecular weight excluding hydrogens is 719 g/mol. The maximum absolute atomic E-state index is 2.37. The van der Waals surface area contributed by atoms with Crippen LogP contribution in [0, 0.1) is 0 Å². The van der Waals surface area contributed by atoms with Crippen LogP contribution >= 0.6 is 11.3 Å². The van der Waals surface area contributed by atoms with Crippen LogP contribution in [0.3, 0.4) is 0 Å². The van der Waals surface area contributed by atoms with Crippen LogP contribution in [-0.4, -0.2) is 0 Å². The second-order valence-electron chi connectivity index (χ2n) is 15.0. The zero-order valence-corrected chi connectivity index (χ0v) is 32.5. The van der Waals surface area contributed by atoms with Gasteiger partial charge in [-0.05, 0) is 127 Å². The van der Waals surface area contributed by atoms with Crippen LogP contribution in [0.4, 0.5) is 17.1 Å². The summed E-state index contributed by atoms with van der Waals surface area (Å²) < 4.78 is 2.65. The van der Waals surface area contributed by atoms with Crippen LogP contribution in [0.2, 0.25) is 0 Å². The molecule has 10 aromatic carbocycles. The molecule has 0 fully saturated rings. The number of hydrogen-bond acceptors (Lipinski definition) is 2. The fourth-order valence-electron chi connectivity index (χ4n) is 8.46. The summed E-state index contributed by atoms with van der Waals surface area (Å²) in [7, 11) is 0. The van der Waals surface area contributed by atoms with Gasteiger partial charge in [-0.1, -0.05) is 164 Å². The molecule has 0 aliphatic rings. The topological polar surface area (TPSA) is 3.24 Å². The van der Waals surface area contributed by atoms with Crippen molar-refractivity contribution in [3.8, 4) is 44.5 Å². The lowest BCUT2D eigenvalue weighted by molar-refractivity contribution is 1.28. The standard InChI is InChI=1S/C56H37NS/c1-2-9-38(10-3-1)39-17-19-40(20-18-39)44-12-8-13-50(36-44)57(49-31-25-42(26-32-49)46-28-34-56-54(37-46)53-15-6-7-16-55(53)58-56)48-29-23-41(24-30-48)45-27-33-52-47(35-45)22-21-43-11-4-5-14-51(43)52/h1-37H. The van der Waals surface area contributed by atoms with Crippen molar-refractivity contribution in [2.75, 3.05) is 4.90 Å². The minimum atomic E-state index is 1.10. The number of fused-ring (bicyclic) bond motifs is 6. The second-order valence-corrected chi connectivity index (χ2v) is 16.0. The van der Waals surface area contributed by atoms with Gasteiger partial charge in [0, 0.05) is 37.2 Å². The van der Waals surface area contributed by atoms with Crippen LogP contribution in [-0.2, 0) is 0 Å². The van der Waals surface area contributed by atoms with Crippen molar-refractivity contribution in [3.63, 3.8) is 0 Å². The summed E-state index contributed by atoms with van der Waals surface area (Å²) in [5.74, 6) is 0. The SMILES string of the molecule is c1ccc(-c2ccc(-c3cccc(N(c4ccc(-c5ccc6c(ccc7ccccc76)c5)cc4)c4ccc(-c5ccc6sc7ccccc7c6c5)cc4)c3)cc2)cc1. The summed E-state index contributed by atoms with van der Waals surface area (Å²) in [6.07, 6.45) is 0. The van der Waals surface area contributed by atoms with E-state index in [0.717, 1.165) is 17.1 Å². The van der Waals surface area contributed by atoms with E-state index >= 15 is 0 Å². The van der Waals surface area contributed by atoms with Gasteiger partial charge in [0.25, 0.3) is 0 Å². The monoisotopic (exact) mass is 755 g/mol. The van der Waals surface area contributed by atoms with Gasteiger partial charge in [0.15, 0.2) is 0 Å². The van der Waals surface area contributed by atoms with Crippen LogP contribution in [0.15, 0.2) is 224 Å². The van der Waals surface area contributed by atoms with Gasteiger partial charge >= 0.3 is 0 Å². The van der Waals surface area contributed by atoms with Gasteiger partial charge < -0.3 is 4.90 Å². The molecule has 0 amide bonds. The Kier molecular flexibility index (Phi) is 8.42. The van der Waals surface area contributed by atoms with Gasteiger partial charge in [0.1, 0.15) is 0 Å². The van der Waals surface area contributed by atoms with Gasteiger partial charge in [-0.3, -0.25) is 0 Å². The molecule has 0 saturated carbocycles. The summed E-state index contributed by atoms with van der Waals surface area (Å²) in [4.78, 5) is 2.37. The first-order chi connectivity index (χ1) is 28.7. The highest BCUT2D eigenvalue weighted by atomic mass is 32.1. The Morgan fingerprint density at radius 1 is 0.241 bits per heavy atom. The molecule has 0 radical (unpaired) electrons. The average Bonchev–Trinajstić information content (AvgIpc) is 3.68. The molecule has 58 heavy (non-hydrogen) atoms. The minimum Gasteiger partial charge on any atom is -0.310 e. The van der Waals surface area contributed by atoms with Gasteiger partial charge in [-0.2, -0.15) is 0 Å². The Hall–Kier alpha value is -7.26. The molecule has 0 N–H and O–H groups in total. The lowest BCUT2D eigenvalue weighted by atomic mass is 9.97. The van der Waals surface area contributed by atoms with Crippen LogP contribution in [0.5, 0.6) is 0 Å². The van der Waals surface area contributed by atoms with Crippen molar-refractivity contribution in [2.24, 2.45) is 0 Å². The zero-order valence-electron chi connectivity index (χ0n) is 31.7. The van der Waals surface area contributed by atoms with Crippen LogP contribution in [0.1, 0.15) is 0 Å². The molecule has 1 nitrogen and oxygen atoms in total. The summed E-state index contributed by atoms with van der Waals surface area (Å²) in [5.41, 5.74) is 12.9. The van der Waals surface area contributed by atoms with E-state index in [4.69, 9.17) is 0 Å². The van der Waals surface area contributed by atoms with Crippen LogP contribution < -0.4 is 4.90 Å². The number of nitrogens with zero attached hydrogens (tertiary/aromatic N) is 1. The molecule has 272 valence electrons. The summed E-state index contributed by atoms with van der Waals surface area (Å²) in [5, 5.41) is 7.73. The summed E-state index contributed by atoms with van der Waals surface area (Å²) in [6, 6.07) is 81.9. The quantitative estimate of drug-likeness (QED) is 0.146. The Labute approximate surface area is 342 Å². The highest BCUT2D eigenvalue weighted by Crippen LogP contribution is 2.41. The van der Waals surface area contributed by atoms with E-state index in [1.54, 1.807) is 0 Å². The predicted octanol–water partition coefficient (Wildman–Crippen LogP) is 16.5. The Bertz CT molecular complexity index is 3250. The average molecular weight is 756 g/mol. The van der Waals surface area contributed by atoms with Crippen molar-refractivity contribution in [1.29, 1.82) is 0 Å². The maximum atomic E-state index is 2.37. The molecule has 11 rings (SSSR count). The molecule has 0 spiro atoms. The molecule has 0 atom stereocenters. The molecule has 0 aliphatic heterocycles. The smallest absolute Gasteiger partial charge is 0.0467 e. The fraction of sp³-hybridized carbons (Fsp3) is 0. The third-order valence-corrected chi connectivity index (χ3v) is 12.6. The van der Waals surface area contributed by atoms with E-state index in [1.807, 2.05) is 11.3 Å². The molecule has 1 aromatic heterocycles. The Morgan fingerprint density at radius 3 is 1.47 bits per heavy atom. The van der Waals surface area contributed by atoms with E-state index in [9.17, 15) is 0 Å². The van der Waals surface area contributed by atoms with Crippen molar-refractivity contribution < 1.29 is 0 Å². The van der Waals surface area contributed by atoms with Crippen molar-refractivity contribution in [1.82, 2.24) is 0 Å². The molecule has 2 heteroatoms. The third-order valence-electron chi connectivity index (χ3n) is 11.5. The lowest BCUT2D eigenvalue weighted by Gasteiger charge is -2.26. The van der Waals surface area contributed by atoms with Crippen molar-refractivity contribution >= 4 is 70.1 Å². The van der Waals surface area contributed by atoms with E-state index in [1.165, 1.54) is 86.2 Å². The molecule has 0 aliphatic carbocycles. The zero-order chi connectivity index (χ0) is 38.4. The molecule has 11 aromatic rings. The first-order valence-corrected chi connectivity index (χ1v) is 20.6. The Balaban J connectivity index is 0.967. The van der Waals surface area contributed by atoms with Gasteiger partial charge in [-0.15, -0.1) is 11.3 Å².